The van der Waals surface area contributed by atoms with Crippen molar-refractivity contribution in [3.05, 3.63) is 35.0 Å². The van der Waals surface area contributed by atoms with Gasteiger partial charge in [0, 0.05) is 5.92 Å². The fourth-order valence-corrected chi connectivity index (χ4v) is 2.98. The molecule has 0 saturated heterocycles. The summed E-state index contributed by atoms with van der Waals surface area (Å²) in [6.45, 7) is 4.24. The van der Waals surface area contributed by atoms with Crippen LogP contribution < -0.4 is 5.73 Å². The van der Waals surface area contributed by atoms with Gasteiger partial charge in [0.1, 0.15) is 0 Å². The van der Waals surface area contributed by atoms with Crippen LogP contribution in [0, 0.1) is 13.8 Å². The molecule has 1 aromatic carbocycles. The molecule has 3 nitrogen and oxygen atoms in total. The summed E-state index contributed by atoms with van der Waals surface area (Å²) in [4.78, 5) is 0. The lowest BCUT2D eigenvalue weighted by molar-refractivity contribution is 0.420. The van der Waals surface area contributed by atoms with Crippen molar-refractivity contribution in [2.45, 2.75) is 45.4 Å². The van der Waals surface area contributed by atoms with Crippen LogP contribution in [-0.4, -0.2) is 5.16 Å². The number of nitrogen functional groups attached to an aromatic ring is 1. The van der Waals surface area contributed by atoms with Gasteiger partial charge >= 0.3 is 0 Å². The predicted molar refractivity (Wildman–Crippen MR) is 77.0 cm³/mol. The zero-order chi connectivity index (χ0) is 13.4. The second kappa shape index (κ2) is 4.72. The normalized spacial score (nSPS) is 16.1. The number of aryl methyl sites for hydroxylation is 2. The van der Waals surface area contributed by atoms with Crippen LogP contribution in [0.2, 0.25) is 0 Å². The molecule has 0 radical (unpaired) electrons. The summed E-state index contributed by atoms with van der Waals surface area (Å²) in [7, 11) is 0. The van der Waals surface area contributed by atoms with Crippen LogP contribution in [0.25, 0.3) is 11.1 Å². The quantitative estimate of drug-likeness (QED) is 0.876. The molecular weight excluding hydrogens is 236 g/mol. The molecule has 0 spiro atoms. The number of nitrogens with two attached hydrogens (primary N) is 1. The standard InChI is InChI=1S/C16H20N2O/c1-10-7-8-13(9-11(10)2)14-15(18-19-16(14)17)12-5-3-4-6-12/h7-9,12H,3-6,17H2,1-2H3. The van der Waals surface area contributed by atoms with Gasteiger partial charge in [0.25, 0.3) is 0 Å². The van der Waals surface area contributed by atoms with E-state index < -0.39 is 0 Å². The van der Waals surface area contributed by atoms with Gasteiger partial charge in [0.05, 0.1) is 11.3 Å². The van der Waals surface area contributed by atoms with Gasteiger partial charge in [-0.15, -0.1) is 0 Å². The fraction of sp³-hybridized carbons (Fsp3) is 0.438. The average Bonchev–Trinajstić information content (AvgIpc) is 3.01. The highest BCUT2D eigenvalue weighted by Crippen LogP contribution is 2.41. The number of hydrogen-bond donors (Lipinski definition) is 1. The minimum absolute atomic E-state index is 0.449. The molecule has 0 bridgehead atoms. The van der Waals surface area contributed by atoms with Gasteiger partial charge in [-0.25, -0.2) is 0 Å². The summed E-state index contributed by atoms with van der Waals surface area (Å²) in [5, 5.41) is 4.23. The molecule has 1 aliphatic carbocycles. The fourth-order valence-electron chi connectivity index (χ4n) is 2.98. The molecule has 1 aliphatic rings. The van der Waals surface area contributed by atoms with E-state index in [4.69, 9.17) is 10.3 Å². The van der Waals surface area contributed by atoms with Crippen molar-refractivity contribution in [3.8, 4) is 11.1 Å². The van der Waals surface area contributed by atoms with Crippen LogP contribution in [0.4, 0.5) is 5.88 Å². The molecule has 0 amide bonds. The van der Waals surface area contributed by atoms with Crippen molar-refractivity contribution >= 4 is 5.88 Å². The van der Waals surface area contributed by atoms with Gasteiger partial charge in [0.2, 0.25) is 5.88 Å². The van der Waals surface area contributed by atoms with E-state index in [2.05, 4.69) is 37.2 Å². The first-order chi connectivity index (χ1) is 9.16. The van der Waals surface area contributed by atoms with E-state index >= 15 is 0 Å². The molecule has 0 aliphatic heterocycles. The van der Waals surface area contributed by atoms with Gasteiger partial charge in [-0.3, -0.25) is 0 Å². The van der Waals surface area contributed by atoms with E-state index in [0.29, 0.717) is 11.8 Å². The van der Waals surface area contributed by atoms with Gasteiger partial charge < -0.3 is 10.3 Å². The van der Waals surface area contributed by atoms with Crippen molar-refractivity contribution in [2.75, 3.05) is 5.73 Å². The topological polar surface area (TPSA) is 52.0 Å². The highest BCUT2D eigenvalue weighted by Gasteiger charge is 2.26. The molecule has 1 saturated carbocycles. The number of anilines is 1. The van der Waals surface area contributed by atoms with Crippen molar-refractivity contribution in [2.24, 2.45) is 0 Å². The van der Waals surface area contributed by atoms with Crippen LogP contribution in [-0.2, 0) is 0 Å². The molecule has 0 atom stereocenters. The molecule has 1 fully saturated rings. The van der Waals surface area contributed by atoms with E-state index in [-0.39, 0.29) is 0 Å². The Bertz CT molecular complexity index is 595. The molecule has 1 heterocycles. The maximum absolute atomic E-state index is 6.00. The average molecular weight is 256 g/mol. The summed E-state index contributed by atoms with van der Waals surface area (Å²) < 4.78 is 5.26. The highest BCUT2D eigenvalue weighted by molar-refractivity contribution is 5.76. The minimum Gasteiger partial charge on any atom is -0.367 e. The molecule has 3 rings (SSSR count). The SMILES string of the molecule is Cc1ccc(-c2c(C3CCCC3)noc2N)cc1C. The first kappa shape index (κ1) is 12.3. The molecule has 2 N–H and O–H groups in total. The van der Waals surface area contributed by atoms with Crippen molar-refractivity contribution in [1.82, 2.24) is 5.16 Å². The Labute approximate surface area is 113 Å². The van der Waals surface area contributed by atoms with Crippen molar-refractivity contribution in [1.29, 1.82) is 0 Å². The maximum atomic E-state index is 6.00. The molecule has 0 unspecified atom stereocenters. The summed E-state index contributed by atoms with van der Waals surface area (Å²) in [5.41, 5.74) is 11.8. The van der Waals surface area contributed by atoms with E-state index in [9.17, 15) is 0 Å². The number of aromatic nitrogens is 1. The van der Waals surface area contributed by atoms with Gasteiger partial charge in [-0.05, 0) is 43.4 Å². The van der Waals surface area contributed by atoms with Crippen LogP contribution in [0.15, 0.2) is 22.7 Å². The summed E-state index contributed by atoms with van der Waals surface area (Å²) >= 11 is 0. The van der Waals surface area contributed by atoms with E-state index in [0.717, 1.165) is 16.8 Å². The third-order valence-corrected chi connectivity index (χ3v) is 4.28. The predicted octanol–water partition coefficient (Wildman–Crippen LogP) is 4.20. The summed E-state index contributed by atoms with van der Waals surface area (Å²) in [6.07, 6.45) is 4.96. The number of nitrogens with zero attached hydrogens (tertiary/aromatic N) is 1. The zero-order valence-electron chi connectivity index (χ0n) is 11.6. The Morgan fingerprint density at radius 1 is 1.16 bits per heavy atom. The second-order valence-corrected chi connectivity index (χ2v) is 5.59. The molecule has 19 heavy (non-hydrogen) atoms. The first-order valence-electron chi connectivity index (χ1n) is 6.99. The minimum atomic E-state index is 0.449. The number of hydrogen-bond acceptors (Lipinski definition) is 3. The van der Waals surface area contributed by atoms with Gasteiger partial charge in [-0.2, -0.15) is 0 Å². The lowest BCUT2D eigenvalue weighted by Gasteiger charge is -2.09. The van der Waals surface area contributed by atoms with E-state index in [1.807, 2.05) is 0 Å². The second-order valence-electron chi connectivity index (χ2n) is 5.59. The Balaban J connectivity index is 2.08. The molecule has 3 heteroatoms. The monoisotopic (exact) mass is 256 g/mol. The van der Waals surface area contributed by atoms with Crippen LogP contribution in [0.5, 0.6) is 0 Å². The Hall–Kier alpha value is -1.77. The number of rotatable bonds is 2. The lowest BCUT2D eigenvalue weighted by atomic mass is 9.94. The molecule has 1 aromatic heterocycles. The molecular formula is C16H20N2O. The number of benzene rings is 1. The first-order valence-corrected chi connectivity index (χ1v) is 6.99. The molecule has 2 aromatic rings. The summed E-state index contributed by atoms with van der Waals surface area (Å²) in [5.74, 6) is 0.961. The maximum Gasteiger partial charge on any atom is 0.230 e. The Kier molecular flexibility index (Phi) is 3.05. The van der Waals surface area contributed by atoms with E-state index in [1.54, 1.807) is 0 Å². The lowest BCUT2D eigenvalue weighted by Crippen LogP contribution is -1.97. The van der Waals surface area contributed by atoms with Gasteiger partial charge in [0.15, 0.2) is 0 Å². The highest BCUT2D eigenvalue weighted by atomic mass is 16.5. The van der Waals surface area contributed by atoms with E-state index in [1.165, 1.54) is 36.8 Å². The largest absolute Gasteiger partial charge is 0.367 e. The smallest absolute Gasteiger partial charge is 0.230 e. The third kappa shape index (κ3) is 2.14. The Morgan fingerprint density at radius 3 is 2.58 bits per heavy atom. The van der Waals surface area contributed by atoms with Crippen LogP contribution in [0.1, 0.15) is 48.4 Å². The van der Waals surface area contributed by atoms with Crippen LogP contribution in [0.3, 0.4) is 0 Å². The van der Waals surface area contributed by atoms with Gasteiger partial charge in [-0.1, -0.05) is 36.2 Å². The zero-order valence-corrected chi connectivity index (χ0v) is 11.6. The van der Waals surface area contributed by atoms with Crippen molar-refractivity contribution in [3.63, 3.8) is 0 Å². The molecule has 100 valence electrons. The van der Waals surface area contributed by atoms with Crippen LogP contribution >= 0.6 is 0 Å². The van der Waals surface area contributed by atoms with Crippen molar-refractivity contribution < 1.29 is 4.52 Å². The third-order valence-electron chi connectivity index (χ3n) is 4.28. The summed E-state index contributed by atoms with van der Waals surface area (Å²) in [6, 6.07) is 6.43. The Morgan fingerprint density at radius 2 is 1.89 bits per heavy atom.